The molecule has 3 saturated carbocycles. The molecular weight excluding hydrogens is 316 g/mol. The lowest BCUT2D eigenvalue weighted by Gasteiger charge is -2.59. The first-order valence-electron chi connectivity index (χ1n) is 10.0. The van der Waals surface area contributed by atoms with Gasteiger partial charge in [-0.1, -0.05) is 26.0 Å². The van der Waals surface area contributed by atoms with Crippen molar-refractivity contribution in [2.45, 2.75) is 71.0 Å². The second kappa shape index (κ2) is 6.00. The van der Waals surface area contributed by atoms with E-state index in [4.69, 9.17) is 9.47 Å². The Labute approximate surface area is 151 Å². The summed E-state index contributed by atoms with van der Waals surface area (Å²) in [5.74, 6) is 2.66. The Hall–Kier alpha value is -1.03. The fraction of sp³-hybridized carbons (Fsp3) is 0.857. The zero-order valence-electron chi connectivity index (χ0n) is 15.7. The fourth-order valence-electron chi connectivity index (χ4n) is 7.10. The molecule has 4 nitrogen and oxygen atoms in total. The van der Waals surface area contributed by atoms with E-state index in [-0.39, 0.29) is 23.0 Å². The summed E-state index contributed by atoms with van der Waals surface area (Å²) in [6.07, 6.45) is 11.4. The quantitative estimate of drug-likeness (QED) is 0.566. The largest absolute Gasteiger partial charge is 0.508 e. The average molecular weight is 348 g/mol. The summed E-state index contributed by atoms with van der Waals surface area (Å²) in [7, 11) is 1.39. The highest BCUT2D eigenvalue weighted by molar-refractivity contribution is 5.60. The van der Waals surface area contributed by atoms with Crippen LogP contribution < -0.4 is 0 Å². The number of aliphatic hydroxyl groups is 1. The molecule has 8 atom stereocenters. The number of carbonyl (C=O) groups excluding carboxylic acids is 1. The minimum Gasteiger partial charge on any atom is -0.438 e. The van der Waals surface area contributed by atoms with Gasteiger partial charge in [-0.2, -0.15) is 0 Å². The Morgan fingerprint density at radius 3 is 2.68 bits per heavy atom. The van der Waals surface area contributed by atoms with Crippen molar-refractivity contribution in [3.8, 4) is 0 Å². The first kappa shape index (κ1) is 17.4. The van der Waals surface area contributed by atoms with Crippen molar-refractivity contribution in [2.75, 3.05) is 7.11 Å². The van der Waals surface area contributed by atoms with E-state index in [9.17, 15) is 9.90 Å². The lowest BCUT2D eigenvalue weighted by Crippen LogP contribution is -2.53. The molecule has 4 rings (SSSR count). The van der Waals surface area contributed by atoms with Crippen molar-refractivity contribution in [1.29, 1.82) is 0 Å². The Bertz CT molecular complexity index is 572. The molecule has 25 heavy (non-hydrogen) atoms. The van der Waals surface area contributed by atoms with Gasteiger partial charge in [0.25, 0.3) is 0 Å². The predicted octanol–water partition coefficient (Wildman–Crippen LogP) is 4.32. The van der Waals surface area contributed by atoms with Crippen LogP contribution >= 0.6 is 0 Å². The SMILES string of the molecule is COC(=O)O[C@H]1CC[C@H]2[C@@H]3CC[C@H]4C[C@H](O)C=C[C@]4(C)[C@H]3CC[C@]12C. The maximum atomic E-state index is 11.7. The zero-order chi connectivity index (χ0) is 17.8. The van der Waals surface area contributed by atoms with Crippen LogP contribution in [0.1, 0.15) is 58.8 Å². The van der Waals surface area contributed by atoms with Crippen molar-refractivity contribution in [1.82, 2.24) is 0 Å². The van der Waals surface area contributed by atoms with Crippen molar-refractivity contribution in [3.63, 3.8) is 0 Å². The van der Waals surface area contributed by atoms with Crippen molar-refractivity contribution in [2.24, 2.45) is 34.5 Å². The predicted molar refractivity (Wildman–Crippen MR) is 94.9 cm³/mol. The maximum absolute atomic E-state index is 11.7. The highest BCUT2D eigenvalue weighted by Crippen LogP contribution is 2.65. The molecule has 0 heterocycles. The molecule has 0 aromatic carbocycles. The number of hydrogen-bond acceptors (Lipinski definition) is 4. The van der Waals surface area contributed by atoms with Gasteiger partial charge in [0.05, 0.1) is 13.2 Å². The number of allylic oxidation sites excluding steroid dienone is 1. The van der Waals surface area contributed by atoms with Gasteiger partial charge >= 0.3 is 6.16 Å². The third-order valence-electron chi connectivity index (χ3n) is 8.49. The number of methoxy groups -OCH3 is 1. The molecule has 4 heteroatoms. The lowest BCUT2D eigenvalue weighted by atomic mass is 9.46. The third-order valence-corrected chi connectivity index (χ3v) is 8.49. The average Bonchev–Trinajstić information content (AvgIpc) is 2.92. The molecule has 0 aromatic heterocycles. The monoisotopic (exact) mass is 348 g/mol. The van der Waals surface area contributed by atoms with E-state index in [2.05, 4.69) is 19.9 Å². The summed E-state index contributed by atoms with van der Waals surface area (Å²) in [5, 5.41) is 10.0. The van der Waals surface area contributed by atoms with Gasteiger partial charge in [-0.15, -0.1) is 0 Å². The topological polar surface area (TPSA) is 55.8 Å². The van der Waals surface area contributed by atoms with Crippen molar-refractivity contribution in [3.05, 3.63) is 12.2 Å². The first-order chi connectivity index (χ1) is 11.9. The third kappa shape index (κ3) is 2.55. The van der Waals surface area contributed by atoms with Crippen LogP contribution in [0.3, 0.4) is 0 Å². The van der Waals surface area contributed by atoms with Crippen LogP contribution in [0.5, 0.6) is 0 Å². The molecule has 4 aliphatic rings. The molecule has 0 unspecified atom stereocenters. The van der Waals surface area contributed by atoms with E-state index in [1.807, 2.05) is 6.08 Å². The minimum absolute atomic E-state index is 0.000139. The maximum Gasteiger partial charge on any atom is 0.508 e. The number of hydrogen-bond donors (Lipinski definition) is 1. The standard InChI is InChI=1S/C21H32O4/c1-20-10-8-14(22)12-13(20)4-5-15-16-6-7-18(25-19(23)24-3)21(16,2)11-9-17(15)20/h8,10,13-18,22H,4-7,9,11-12H2,1-3H3/t13-,14+,15-,16-,17-,18-,20-,21-/m0/s1. The number of carbonyl (C=O) groups is 1. The van der Waals surface area contributed by atoms with E-state index in [0.717, 1.165) is 25.7 Å². The smallest absolute Gasteiger partial charge is 0.438 e. The van der Waals surface area contributed by atoms with Crippen LogP contribution in [-0.4, -0.2) is 30.6 Å². The van der Waals surface area contributed by atoms with E-state index in [0.29, 0.717) is 23.7 Å². The fourth-order valence-corrected chi connectivity index (χ4v) is 7.10. The summed E-state index contributed by atoms with van der Waals surface area (Å²) in [4.78, 5) is 11.7. The van der Waals surface area contributed by atoms with Gasteiger partial charge in [-0.25, -0.2) is 4.79 Å². The van der Waals surface area contributed by atoms with Crippen LogP contribution in [0.4, 0.5) is 4.79 Å². The summed E-state index contributed by atoms with van der Waals surface area (Å²) in [6.45, 7) is 4.76. The van der Waals surface area contributed by atoms with Gasteiger partial charge in [0.1, 0.15) is 6.10 Å². The molecule has 0 saturated heterocycles. The molecule has 0 radical (unpaired) electrons. The minimum atomic E-state index is -0.533. The molecule has 140 valence electrons. The Balaban J connectivity index is 1.58. The van der Waals surface area contributed by atoms with Gasteiger partial charge < -0.3 is 14.6 Å². The normalized spacial score (nSPS) is 51.2. The van der Waals surface area contributed by atoms with Crippen LogP contribution in [0.15, 0.2) is 12.2 Å². The number of aliphatic hydroxyl groups excluding tert-OH is 1. The highest BCUT2D eigenvalue weighted by Gasteiger charge is 2.60. The van der Waals surface area contributed by atoms with Crippen molar-refractivity contribution >= 4 is 6.16 Å². The lowest BCUT2D eigenvalue weighted by molar-refractivity contribution is -0.106. The Kier molecular flexibility index (Phi) is 4.18. The molecule has 0 aromatic rings. The van der Waals surface area contributed by atoms with E-state index < -0.39 is 6.16 Å². The van der Waals surface area contributed by atoms with Gasteiger partial charge in [-0.3, -0.25) is 0 Å². The highest BCUT2D eigenvalue weighted by atomic mass is 16.7. The van der Waals surface area contributed by atoms with Gasteiger partial charge in [0.2, 0.25) is 0 Å². The summed E-state index contributed by atoms with van der Waals surface area (Å²) < 4.78 is 10.4. The molecule has 1 N–H and O–H groups in total. The summed E-state index contributed by atoms with van der Waals surface area (Å²) in [6, 6.07) is 0. The first-order valence-corrected chi connectivity index (χ1v) is 10.0. The number of ether oxygens (including phenoxy) is 2. The Morgan fingerprint density at radius 1 is 1.12 bits per heavy atom. The number of rotatable bonds is 1. The molecule has 4 aliphatic carbocycles. The Morgan fingerprint density at radius 2 is 1.92 bits per heavy atom. The van der Waals surface area contributed by atoms with E-state index in [1.54, 1.807) is 0 Å². The van der Waals surface area contributed by atoms with Crippen LogP contribution in [0, 0.1) is 34.5 Å². The summed E-state index contributed by atoms with van der Waals surface area (Å²) in [5.41, 5.74) is 0.321. The van der Waals surface area contributed by atoms with Crippen LogP contribution in [-0.2, 0) is 9.47 Å². The van der Waals surface area contributed by atoms with Gasteiger partial charge in [-0.05, 0) is 74.0 Å². The zero-order valence-corrected chi connectivity index (χ0v) is 15.7. The summed E-state index contributed by atoms with van der Waals surface area (Å²) >= 11 is 0. The second-order valence-corrected chi connectivity index (χ2v) is 9.36. The van der Waals surface area contributed by atoms with E-state index >= 15 is 0 Å². The molecule has 0 amide bonds. The molecule has 3 fully saturated rings. The van der Waals surface area contributed by atoms with E-state index in [1.165, 1.54) is 26.4 Å². The van der Waals surface area contributed by atoms with Crippen LogP contribution in [0.2, 0.25) is 0 Å². The van der Waals surface area contributed by atoms with Crippen LogP contribution in [0.25, 0.3) is 0 Å². The molecule has 0 spiro atoms. The second-order valence-electron chi connectivity index (χ2n) is 9.36. The molecule has 0 bridgehead atoms. The molecule has 0 aliphatic heterocycles. The molecular formula is C21H32O4. The number of fused-ring (bicyclic) bond motifs is 5. The van der Waals surface area contributed by atoms with Crippen molar-refractivity contribution < 1.29 is 19.4 Å². The van der Waals surface area contributed by atoms with Gasteiger partial charge in [0, 0.05) is 5.41 Å². The van der Waals surface area contributed by atoms with Gasteiger partial charge in [0.15, 0.2) is 0 Å².